The van der Waals surface area contributed by atoms with Crippen LogP contribution in [0.4, 0.5) is 0 Å². The fraction of sp³-hybridized carbons (Fsp3) is 0.333. The SMILES string of the molecule is COc1c(O)cc(C=NNC(=O)C2CCN(Cc3ccc(Br)cc3)CC2)cc1Br. The second-order valence-corrected chi connectivity index (χ2v) is 8.74. The molecule has 3 rings (SSSR count). The highest BCUT2D eigenvalue weighted by molar-refractivity contribution is 9.10. The average Bonchev–Trinajstić information content (AvgIpc) is 2.70. The van der Waals surface area contributed by atoms with Gasteiger partial charge in [0.15, 0.2) is 11.5 Å². The Morgan fingerprint density at radius 1 is 1.28 bits per heavy atom. The Morgan fingerprint density at radius 2 is 1.97 bits per heavy atom. The quantitative estimate of drug-likeness (QED) is 0.436. The maximum atomic E-state index is 12.4. The Bertz CT molecular complexity index is 856. The third-order valence-electron chi connectivity index (χ3n) is 4.92. The molecule has 29 heavy (non-hydrogen) atoms. The first-order valence-electron chi connectivity index (χ1n) is 9.32. The predicted molar refractivity (Wildman–Crippen MR) is 120 cm³/mol. The summed E-state index contributed by atoms with van der Waals surface area (Å²) in [6, 6.07) is 11.6. The molecule has 1 aliphatic rings. The number of piperidine rings is 1. The molecule has 1 fully saturated rings. The Labute approximate surface area is 187 Å². The summed E-state index contributed by atoms with van der Waals surface area (Å²) in [5.74, 6) is 0.263. The Balaban J connectivity index is 1.47. The van der Waals surface area contributed by atoms with Crippen LogP contribution in [0.3, 0.4) is 0 Å². The van der Waals surface area contributed by atoms with E-state index in [0.717, 1.165) is 36.9 Å². The highest BCUT2D eigenvalue weighted by atomic mass is 79.9. The van der Waals surface area contributed by atoms with E-state index in [1.807, 2.05) is 0 Å². The zero-order valence-electron chi connectivity index (χ0n) is 16.1. The maximum Gasteiger partial charge on any atom is 0.243 e. The van der Waals surface area contributed by atoms with Gasteiger partial charge in [-0.1, -0.05) is 28.1 Å². The van der Waals surface area contributed by atoms with Gasteiger partial charge in [0, 0.05) is 16.9 Å². The van der Waals surface area contributed by atoms with Crippen molar-refractivity contribution in [3.05, 3.63) is 56.5 Å². The molecule has 0 unspecified atom stereocenters. The average molecular weight is 525 g/mol. The fourth-order valence-electron chi connectivity index (χ4n) is 3.34. The van der Waals surface area contributed by atoms with Gasteiger partial charge < -0.3 is 9.84 Å². The number of amides is 1. The molecule has 0 spiro atoms. The normalized spacial score (nSPS) is 15.6. The number of benzene rings is 2. The van der Waals surface area contributed by atoms with Crippen LogP contribution in [0, 0.1) is 5.92 Å². The van der Waals surface area contributed by atoms with Crippen LogP contribution < -0.4 is 10.2 Å². The molecule has 0 aromatic heterocycles. The topological polar surface area (TPSA) is 74.2 Å². The van der Waals surface area contributed by atoms with Crippen molar-refractivity contribution in [1.29, 1.82) is 0 Å². The number of nitrogens with zero attached hydrogens (tertiary/aromatic N) is 2. The summed E-state index contributed by atoms with van der Waals surface area (Å²) >= 11 is 6.79. The molecule has 0 radical (unpaired) electrons. The molecule has 0 saturated carbocycles. The van der Waals surface area contributed by atoms with Crippen molar-refractivity contribution < 1.29 is 14.6 Å². The molecule has 2 aromatic rings. The first-order chi connectivity index (χ1) is 14.0. The van der Waals surface area contributed by atoms with Crippen LogP contribution in [-0.4, -0.2) is 42.3 Å². The van der Waals surface area contributed by atoms with E-state index < -0.39 is 0 Å². The van der Waals surface area contributed by atoms with E-state index in [4.69, 9.17) is 4.74 Å². The second kappa shape index (κ2) is 10.2. The van der Waals surface area contributed by atoms with Gasteiger partial charge in [0.05, 0.1) is 17.8 Å². The molecule has 6 nitrogen and oxygen atoms in total. The van der Waals surface area contributed by atoms with Crippen molar-refractivity contribution in [2.45, 2.75) is 19.4 Å². The first-order valence-corrected chi connectivity index (χ1v) is 10.9. The number of nitrogens with one attached hydrogen (secondary N) is 1. The fourth-order valence-corrected chi connectivity index (χ4v) is 4.23. The van der Waals surface area contributed by atoms with E-state index in [2.05, 4.69) is 71.6 Å². The van der Waals surface area contributed by atoms with Gasteiger partial charge in [0.25, 0.3) is 0 Å². The number of likely N-dealkylation sites (tertiary alicyclic amines) is 1. The molecule has 0 aliphatic carbocycles. The third kappa shape index (κ3) is 6.04. The van der Waals surface area contributed by atoms with Crippen molar-refractivity contribution in [2.24, 2.45) is 11.0 Å². The molecule has 2 aromatic carbocycles. The smallest absolute Gasteiger partial charge is 0.243 e. The van der Waals surface area contributed by atoms with E-state index in [9.17, 15) is 9.90 Å². The van der Waals surface area contributed by atoms with Gasteiger partial charge in [0.2, 0.25) is 5.91 Å². The minimum absolute atomic E-state index is 0.00722. The Hall–Kier alpha value is -1.90. The van der Waals surface area contributed by atoms with E-state index in [1.54, 1.807) is 6.07 Å². The van der Waals surface area contributed by atoms with Crippen LogP contribution in [0.15, 0.2) is 50.4 Å². The van der Waals surface area contributed by atoms with Crippen LogP contribution in [-0.2, 0) is 11.3 Å². The number of phenols is 1. The van der Waals surface area contributed by atoms with Crippen LogP contribution in [0.5, 0.6) is 11.5 Å². The summed E-state index contributed by atoms with van der Waals surface area (Å²) < 4.78 is 6.78. The maximum absolute atomic E-state index is 12.4. The van der Waals surface area contributed by atoms with Gasteiger partial charge in [0.1, 0.15) is 0 Å². The van der Waals surface area contributed by atoms with Crippen molar-refractivity contribution in [3.8, 4) is 11.5 Å². The lowest BCUT2D eigenvalue weighted by Gasteiger charge is -2.30. The first kappa shape index (κ1) is 21.8. The molecule has 154 valence electrons. The number of aromatic hydroxyl groups is 1. The zero-order chi connectivity index (χ0) is 20.8. The molecule has 2 N–H and O–H groups in total. The van der Waals surface area contributed by atoms with Gasteiger partial charge in [-0.3, -0.25) is 9.69 Å². The predicted octanol–water partition coefficient (Wildman–Crippen LogP) is 4.29. The van der Waals surface area contributed by atoms with Crippen LogP contribution in [0.2, 0.25) is 0 Å². The van der Waals surface area contributed by atoms with Gasteiger partial charge in [-0.25, -0.2) is 5.43 Å². The highest BCUT2D eigenvalue weighted by Crippen LogP contribution is 2.34. The lowest BCUT2D eigenvalue weighted by atomic mass is 9.96. The molecule has 0 bridgehead atoms. The Morgan fingerprint density at radius 3 is 2.59 bits per heavy atom. The highest BCUT2D eigenvalue weighted by Gasteiger charge is 2.24. The van der Waals surface area contributed by atoms with Gasteiger partial charge >= 0.3 is 0 Å². The lowest BCUT2D eigenvalue weighted by Crippen LogP contribution is -2.39. The van der Waals surface area contributed by atoms with Crippen LogP contribution in [0.1, 0.15) is 24.0 Å². The number of hydrogen-bond acceptors (Lipinski definition) is 5. The minimum atomic E-state index is -0.0682. The number of hydrogen-bond donors (Lipinski definition) is 2. The van der Waals surface area contributed by atoms with Crippen molar-refractivity contribution >= 4 is 44.0 Å². The molecule has 8 heteroatoms. The van der Waals surface area contributed by atoms with Crippen LogP contribution >= 0.6 is 31.9 Å². The number of rotatable bonds is 6. The van der Waals surface area contributed by atoms with E-state index in [0.29, 0.717) is 15.8 Å². The zero-order valence-corrected chi connectivity index (χ0v) is 19.2. The summed E-state index contributed by atoms with van der Waals surface area (Å²) in [5, 5.41) is 14.0. The molecule has 0 atom stereocenters. The third-order valence-corrected chi connectivity index (χ3v) is 6.03. The summed E-state index contributed by atoms with van der Waals surface area (Å²) in [4.78, 5) is 14.8. The molecular formula is C21H23Br2N3O3. The van der Waals surface area contributed by atoms with Gasteiger partial charge in [-0.2, -0.15) is 5.10 Å². The lowest BCUT2D eigenvalue weighted by molar-refractivity contribution is -0.126. The number of methoxy groups -OCH3 is 1. The van der Waals surface area contributed by atoms with Crippen molar-refractivity contribution in [3.63, 3.8) is 0 Å². The van der Waals surface area contributed by atoms with Gasteiger partial charge in [-0.05, 0) is 77.3 Å². The summed E-state index contributed by atoms with van der Waals surface area (Å²) in [6.45, 7) is 2.67. The van der Waals surface area contributed by atoms with Crippen molar-refractivity contribution in [1.82, 2.24) is 10.3 Å². The number of ether oxygens (including phenoxy) is 1. The van der Waals surface area contributed by atoms with Crippen LogP contribution in [0.25, 0.3) is 0 Å². The molecule has 1 saturated heterocycles. The molecule has 1 heterocycles. The second-order valence-electron chi connectivity index (χ2n) is 6.97. The number of carbonyl (C=O) groups excluding carboxylic acids is 1. The van der Waals surface area contributed by atoms with E-state index in [-0.39, 0.29) is 17.6 Å². The monoisotopic (exact) mass is 523 g/mol. The summed E-state index contributed by atoms with van der Waals surface area (Å²) in [6.07, 6.45) is 3.13. The van der Waals surface area contributed by atoms with E-state index >= 15 is 0 Å². The Kier molecular flexibility index (Phi) is 7.69. The molecule has 1 amide bonds. The summed E-state index contributed by atoms with van der Waals surface area (Å²) in [5.41, 5.74) is 4.54. The number of carbonyl (C=O) groups is 1. The number of phenolic OH excluding ortho intramolecular Hbond substituents is 1. The van der Waals surface area contributed by atoms with E-state index in [1.165, 1.54) is 25.0 Å². The molecule has 1 aliphatic heterocycles. The minimum Gasteiger partial charge on any atom is -0.504 e. The standard InChI is InChI=1S/C21H23Br2N3O3/c1-29-20-18(23)10-15(11-19(20)27)12-24-25-21(28)16-6-8-26(9-7-16)13-14-2-4-17(22)5-3-14/h2-5,10-12,16,27H,6-9,13H2,1H3,(H,25,28). The number of hydrazone groups is 1. The van der Waals surface area contributed by atoms with Gasteiger partial charge in [-0.15, -0.1) is 0 Å². The summed E-state index contributed by atoms with van der Waals surface area (Å²) in [7, 11) is 1.48. The number of halogens is 2. The largest absolute Gasteiger partial charge is 0.504 e. The van der Waals surface area contributed by atoms with Crippen molar-refractivity contribution in [2.75, 3.05) is 20.2 Å². The molecular weight excluding hydrogens is 502 g/mol.